The van der Waals surface area contributed by atoms with Crippen molar-refractivity contribution in [2.45, 2.75) is 336 Å². The molecular weight excluding hydrogens is 1170 g/mol. The molecule has 3 aliphatic heterocycles. The molecule has 19 heteroatoms. The van der Waals surface area contributed by atoms with E-state index in [1.165, 1.54) is 109 Å². The number of rotatable bonds is 53. The predicted molar refractivity (Wildman–Crippen MR) is 355 cm³/mol. The Labute approximate surface area is 546 Å². The van der Waals surface area contributed by atoms with Gasteiger partial charge >= 0.3 is 0 Å². The van der Waals surface area contributed by atoms with Crippen LogP contribution in [0.1, 0.15) is 232 Å². The Balaban J connectivity index is 1.39. The number of aliphatic hydroxyl groups excluding tert-OH is 11. The molecule has 526 valence electrons. The Hall–Kier alpha value is -3.03. The molecule has 3 heterocycles. The fourth-order valence-corrected chi connectivity index (χ4v) is 11.5. The van der Waals surface area contributed by atoms with Gasteiger partial charge in [0.05, 0.1) is 38.6 Å². The van der Waals surface area contributed by atoms with E-state index in [-0.39, 0.29) is 18.9 Å². The third-order valence-corrected chi connectivity index (χ3v) is 17.2. The highest BCUT2D eigenvalue weighted by molar-refractivity contribution is 5.76. The second kappa shape index (κ2) is 53.2. The van der Waals surface area contributed by atoms with Gasteiger partial charge in [0, 0.05) is 6.42 Å². The number of carbonyl (C=O) groups excluding carboxylic acids is 1. The summed E-state index contributed by atoms with van der Waals surface area (Å²) < 4.78 is 34.3. The standard InChI is InChI=1S/C72H125NO18/c1-3-5-7-9-11-13-15-17-19-20-21-22-23-24-25-26-27-28-29-30-31-32-33-34-36-38-40-42-44-46-48-50-60(78)73-55(56(77)49-47-45-43-41-39-37-35-18-16-14-12-10-8-6-4-2)54-86-70-66(84)63(81)68(58(52-75)88-70)91-72-67(85)64(82)69(59(53-76)89-72)90-71-65(83)62(80)61(79)57(51-74)87-71/h5,7,11,13,17,19,21-22,24-25,27-28,47,49,55-59,61-72,74-77,79-85H,3-4,6,8-10,12,14-16,18,20,23,26,29-46,48,50-54H2,1-2H3,(H,73,78)/b7-5-,13-11-,19-17-,22-21-,25-24-,28-27-,49-47+. The summed E-state index contributed by atoms with van der Waals surface area (Å²) in [7, 11) is 0. The lowest BCUT2D eigenvalue weighted by atomic mass is 9.96. The van der Waals surface area contributed by atoms with Crippen molar-refractivity contribution in [1.82, 2.24) is 5.32 Å². The molecule has 17 unspecified atom stereocenters. The first-order valence-corrected chi connectivity index (χ1v) is 35.3. The molecule has 0 aromatic carbocycles. The molecule has 0 spiro atoms. The number of ether oxygens (including phenoxy) is 6. The summed E-state index contributed by atoms with van der Waals surface area (Å²) in [6.45, 7) is 1.61. The topological polar surface area (TPSA) is 307 Å². The van der Waals surface area contributed by atoms with Crippen LogP contribution in [0.3, 0.4) is 0 Å². The van der Waals surface area contributed by atoms with E-state index in [0.717, 1.165) is 96.3 Å². The summed E-state index contributed by atoms with van der Waals surface area (Å²) in [5.74, 6) is -0.281. The van der Waals surface area contributed by atoms with Crippen LogP contribution in [0, 0.1) is 0 Å². The zero-order chi connectivity index (χ0) is 66.1. The van der Waals surface area contributed by atoms with Crippen molar-refractivity contribution in [3.63, 3.8) is 0 Å². The van der Waals surface area contributed by atoms with Crippen LogP contribution in [0.4, 0.5) is 0 Å². The van der Waals surface area contributed by atoms with Gasteiger partial charge in [-0.15, -0.1) is 0 Å². The van der Waals surface area contributed by atoms with Crippen LogP contribution in [0.2, 0.25) is 0 Å². The highest BCUT2D eigenvalue weighted by Crippen LogP contribution is 2.33. The minimum Gasteiger partial charge on any atom is -0.394 e. The summed E-state index contributed by atoms with van der Waals surface area (Å²) in [6, 6.07) is -0.978. The third kappa shape index (κ3) is 35.0. The minimum absolute atomic E-state index is 0.237. The smallest absolute Gasteiger partial charge is 0.220 e. The Morgan fingerprint density at radius 1 is 0.407 bits per heavy atom. The summed E-state index contributed by atoms with van der Waals surface area (Å²) in [6.07, 6.45) is 41.3. The van der Waals surface area contributed by atoms with Crippen molar-refractivity contribution in [1.29, 1.82) is 0 Å². The van der Waals surface area contributed by atoms with Gasteiger partial charge in [0.2, 0.25) is 5.91 Å². The number of allylic oxidation sites excluding steroid dienone is 13. The molecule has 0 aliphatic carbocycles. The second-order valence-corrected chi connectivity index (χ2v) is 25.0. The molecular formula is C72H125NO18. The maximum Gasteiger partial charge on any atom is 0.220 e. The van der Waals surface area contributed by atoms with Crippen LogP contribution in [0.15, 0.2) is 85.1 Å². The van der Waals surface area contributed by atoms with Crippen molar-refractivity contribution in [3.05, 3.63) is 85.1 Å². The minimum atomic E-state index is -1.98. The van der Waals surface area contributed by atoms with Crippen molar-refractivity contribution >= 4 is 5.91 Å². The van der Waals surface area contributed by atoms with Gasteiger partial charge in [-0.1, -0.05) is 240 Å². The number of unbranched alkanes of at least 4 members (excludes halogenated alkanes) is 25. The number of amides is 1. The maximum atomic E-state index is 13.4. The van der Waals surface area contributed by atoms with Crippen LogP contribution >= 0.6 is 0 Å². The fraction of sp³-hybridized carbons (Fsp3) is 0.792. The number of hydrogen-bond donors (Lipinski definition) is 12. The molecule has 3 rings (SSSR count). The van der Waals surface area contributed by atoms with Crippen molar-refractivity contribution in [2.75, 3.05) is 26.4 Å². The highest BCUT2D eigenvalue weighted by atomic mass is 16.8. The van der Waals surface area contributed by atoms with Gasteiger partial charge in [0.15, 0.2) is 18.9 Å². The number of aliphatic hydroxyl groups is 11. The van der Waals surface area contributed by atoms with E-state index in [9.17, 15) is 61.0 Å². The van der Waals surface area contributed by atoms with Gasteiger partial charge < -0.3 is 89.9 Å². The molecule has 12 N–H and O–H groups in total. The van der Waals surface area contributed by atoms with Crippen LogP contribution < -0.4 is 5.32 Å². The number of carbonyl (C=O) groups is 1. The largest absolute Gasteiger partial charge is 0.394 e. The van der Waals surface area contributed by atoms with Gasteiger partial charge in [-0.05, 0) is 70.6 Å². The summed E-state index contributed by atoms with van der Waals surface area (Å²) in [4.78, 5) is 13.4. The van der Waals surface area contributed by atoms with Gasteiger partial charge in [-0.3, -0.25) is 4.79 Å². The van der Waals surface area contributed by atoms with Gasteiger partial charge in [-0.2, -0.15) is 0 Å². The van der Waals surface area contributed by atoms with Gasteiger partial charge in [-0.25, -0.2) is 0 Å². The summed E-state index contributed by atoms with van der Waals surface area (Å²) in [5, 5.41) is 120. The Kier molecular flexibility index (Phi) is 48.0. The zero-order valence-electron chi connectivity index (χ0n) is 55.5. The zero-order valence-corrected chi connectivity index (χ0v) is 55.5. The van der Waals surface area contributed by atoms with Crippen molar-refractivity contribution in [3.8, 4) is 0 Å². The molecule has 0 radical (unpaired) electrons. The SMILES string of the molecule is CC/C=C\C/C=C\C/C=C\C/C=C\C/C=C\C/C=C\CCCCCCCCCCCCCCC(=O)NC(COC1OC(CO)C(OC2OC(CO)C(OC3OC(CO)C(O)C(O)C3O)C(O)C2O)C(O)C1O)C(O)/C=C/CCCCCCCCCCCCCCC. The molecule has 17 atom stereocenters. The molecule has 0 saturated carbocycles. The lowest BCUT2D eigenvalue weighted by Gasteiger charge is -2.48. The average molecular weight is 1290 g/mol. The first-order chi connectivity index (χ1) is 44.3. The van der Waals surface area contributed by atoms with E-state index >= 15 is 0 Å². The predicted octanol–water partition coefficient (Wildman–Crippen LogP) is 9.49. The molecule has 91 heavy (non-hydrogen) atoms. The molecule has 0 aromatic heterocycles. The van der Waals surface area contributed by atoms with Gasteiger partial charge in [0.1, 0.15) is 73.2 Å². The quantitative estimate of drug-likeness (QED) is 0.0199. The Bertz CT molecular complexity index is 1980. The van der Waals surface area contributed by atoms with E-state index in [1.54, 1.807) is 6.08 Å². The van der Waals surface area contributed by atoms with E-state index in [2.05, 4.69) is 92.1 Å². The lowest BCUT2D eigenvalue weighted by Crippen LogP contribution is -2.66. The molecule has 1 amide bonds. The molecule has 0 bridgehead atoms. The molecule has 3 fully saturated rings. The Morgan fingerprint density at radius 2 is 0.758 bits per heavy atom. The average Bonchev–Trinajstić information content (AvgIpc) is 0.876. The first kappa shape index (κ1) is 82.2. The van der Waals surface area contributed by atoms with E-state index in [0.29, 0.717) is 6.42 Å². The summed E-state index contributed by atoms with van der Waals surface area (Å²) >= 11 is 0. The van der Waals surface area contributed by atoms with Crippen LogP contribution in [0.25, 0.3) is 0 Å². The normalized spacial score (nSPS) is 28.4. The second-order valence-electron chi connectivity index (χ2n) is 25.0. The van der Waals surface area contributed by atoms with Gasteiger partial charge in [0.25, 0.3) is 0 Å². The highest BCUT2D eigenvalue weighted by Gasteiger charge is 2.53. The van der Waals surface area contributed by atoms with Crippen LogP contribution in [-0.4, -0.2) is 193 Å². The molecule has 0 aromatic rings. The van der Waals surface area contributed by atoms with E-state index < -0.39 is 124 Å². The first-order valence-electron chi connectivity index (χ1n) is 35.3. The van der Waals surface area contributed by atoms with Crippen LogP contribution in [0.5, 0.6) is 0 Å². The lowest BCUT2D eigenvalue weighted by molar-refractivity contribution is -0.379. The number of nitrogens with one attached hydrogen (secondary N) is 1. The van der Waals surface area contributed by atoms with E-state index in [4.69, 9.17) is 28.4 Å². The van der Waals surface area contributed by atoms with E-state index in [1.807, 2.05) is 6.08 Å². The van der Waals surface area contributed by atoms with Crippen LogP contribution in [-0.2, 0) is 33.2 Å². The fourth-order valence-electron chi connectivity index (χ4n) is 11.5. The molecule has 19 nitrogen and oxygen atoms in total. The monoisotopic (exact) mass is 1290 g/mol. The molecule has 3 saturated heterocycles. The van der Waals surface area contributed by atoms with Crippen molar-refractivity contribution in [2.24, 2.45) is 0 Å². The third-order valence-electron chi connectivity index (χ3n) is 17.2. The molecule has 3 aliphatic rings. The summed E-state index contributed by atoms with van der Waals surface area (Å²) in [5.41, 5.74) is 0. The Morgan fingerprint density at radius 3 is 1.19 bits per heavy atom. The van der Waals surface area contributed by atoms with Crippen molar-refractivity contribution < 1.29 is 89.4 Å². The maximum absolute atomic E-state index is 13.4. The number of hydrogen-bond acceptors (Lipinski definition) is 18.